The van der Waals surface area contributed by atoms with Crippen LogP contribution in [0.25, 0.3) is 0 Å². The average Bonchev–Trinajstić information content (AvgIpc) is 2.64. The highest BCUT2D eigenvalue weighted by molar-refractivity contribution is 6.04. The molecule has 0 fully saturated rings. The van der Waals surface area contributed by atoms with Gasteiger partial charge in [-0.3, -0.25) is 4.79 Å². The number of aryl methyl sites for hydroxylation is 1. The highest BCUT2D eigenvalue weighted by atomic mass is 16.1. The molecule has 1 aromatic heterocycles. The third-order valence-electron chi connectivity index (χ3n) is 4.47. The zero-order valence-electron chi connectivity index (χ0n) is 14.7. The van der Waals surface area contributed by atoms with Crippen LogP contribution in [-0.4, -0.2) is 17.4 Å². The Bertz CT molecular complexity index is 733. The second-order valence-corrected chi connectivity index (χ2v) is 6.54. The summed E-state index contributed by atoms with van der Waals surface area (Å²) in [5.41, 5.74) is 4.04. The fraction of sp³-hybridized carbons (Fsp3) is 0.333. The minimum Gasteiger partial charge on any atom is -0.370 e. The van der Waals surface area contributed by atoms with Crippen molar-refractivity contribution in [3.05, 3.63) is 65.4 Å². The van der Waals surface area contributed by atoms with Crippen LogP contribution < -0.4 is 10.6 Å². The lowest BCUT2D eigenvalue weighted by Gasteiger charge is -2.13. The second kappa shape index (κ2) is 8.47. The zero-order chi connectivity index (χ0) is 17.5. The molecule has 3 rings (SSSR count). The largest absolute Gasteiger partial charge is 0.370 e. The van der Waals surface area contributed by atoms with Crippen LogP contribution in [-0.2, 0) is 0 Å². The Kier molecular flexibility index (Phi) is 5.83. The molecule has 1 aliphatic rings. The van der Waals surface area contributed by atoms with Crippen molar-refractivity contribution in [2.24, 2.45) is 0 Å². The lowest BCUT2D eigenvalue weighted by atomic mass is 9.97. The van der Waals surface area contributed by atoms with E-state index in [2.05, 4.69) is 21.7 Å². The van der Waals surface area contributed by atoms with E-state index in [1.54, 1.807) is 11.8 Å². The van der Waals surface area contributed by atoms with Gasteiger partial charge in [-0.25, -0.2) is 4.98 Å². The predicted molar refractivity (Wildman–Crippen MR) is 103 cm³/mol. The van der Waals surface area contributed by atoms with Gasteiger partial charge in [-0.15, -0.1) is 0 Å². The molecule has 2 aromatic rings. The zero-order valence-corrected chi connectivity index (χ0v) is 14.7. The lowest BCUT2D eigenvalue weighted by molar-refractivity contribution is 0.102. The number of hydrogen-bond acceptors (Lipinski definition) is 3. The summed E-state index contributed by atoms with van der Waals surface area (Å²) in [5.74, 6) is 0.719. The maximum absolute atomic E-state index is 12.2. The Morgan fingerprint density at radius 1 is 1.12 bits per heavy atom. The Labute approximate surface area is 149 Å². The number of rotatable bonds is 6. The van der Waals surface area contributed by atoms with Crippen LogP contribution in [0.2, 0.25) is 0 Å². The Hall–Kier alpha value is -2.62. The Morgan fingerprint density at radius 2 is 1.96 bits per heavy atom. The van der Waals surface area contributed by atoms with Gasteiger partial charge < -0.3 is 10.6 Å². The molecule has 4 heteroatoms. The molecule has 0 atom stereocenters. The number of benzene rings is 1. The van der Waals surface area contributed by atoms with Crippen molar-refractivity contribution < 1.29 is 4.79 Å². The molecule has 0 saturated heterocycles. The van der Waals surface area contributed by atoms with Gasteiger partial charge in [0.15, 0.2) is 0 Å². The molecule has 0 unspecified atom stereocenters. The van der Waals surface area contributed by atoms with Gasteiger partial charge in [0, 0.05) is 12.1 Å². The predicted octanol–water partition coefficient (Wildman–Crippen LogP) is 4.94. The first-order chi connectivity index (χ1) is 12.2. The summed E-state index contributed by atoms with van der Waals surface area (Å²) in [6.07, 6.45) is 10.2. The SMILES string of the molecule is Cc1ccc(C(=O)Nc2ccc(NCCC3=CCCCC3)nc2)cc1. The number of amides is 1. The minimum absolute atomic E-state index is 0.119. The first kappa shape index (κ1) is 17.2. The van der Waals surface area contributed by atoms with E-state index in [1.165, 1.54) is 25.7 Å². The van der Waals surface area contributed by atoms with Gasteiger partial charge >= 0.3 is 0 Å². The lowest BCUT2D eigenvalue weighted by Crippen LogP contribution is -2.12. The number of anilines is 2. The van der Waals surface area contributed by atoms with Crippen LogP contribution in [0.4, 0.5) is 11.5 Å². The maximum Gasteiger partial charge on any atom is 0.255 e. The van der Waals surface area contributed by atoms with Gasteiger partial charge in [0.25, 0.3) is 5.91 Å². The number of hydrogen-bond donors (Lipinski definition) is 2. The van der Waals surface area contributed by atoms with Gasteiger partial charge in [0.05, 0.1) is 11.9 Å². The maximum atomic E-state index is 12.2. The minimum atomic E-state index is -0.119. The number of nitrogens with one attached hydrogen (secondary N) is 2. The summed E-state index contributed by atoms with van der Waals surface area (Å²) in [4.78, 5) is 16.6. The van der Waals surface area contributed by atoms with Gasteiger partial charge in [0.1, 0.15) is 5.82 Å². The molecule has 1 amide bonds. The molecule has 0 radical (unpaired) electrons. The number of pyridine rings is 1. The third-order valence-corrected chi connectivity index (χ3v) is 4.47. The average molecular weight is 335 g/mol. The molecule has 1 aromatic carbocycles. The topological polar surface area (TPSA) is 54.0 Å². The fourth-order valence-corrected chi connectivity index (χ4v) is 2.96. The molecule has 25 heavy (non-hydrogen) atoms. The molecule has 0 spiro atoms. The van der Waals surface area contributed by atoms with Crippen LogP contribution in [0.5, 0.6) is 0 Å². The van der Waals surface area contributed by atoms with E-state index in [-0.39, 0.29) is 5.91 Å². The molecule has 0 bridgehead atoms. The molecule has 0 saturated carbocycles. The van der Waals surface area contributed by atoms with Crippen LogP contribution in [0, 0.1) is 6.92 Å². The number of aromatic nitrogens is 1. The first-order valence-electron chi connectivity index (χ1n) is 8.96. The number of carbonyl (C=O) groups excluding carboxylic acids is 1. The van der Waals surface area contributed by atoms with Gasteiger partial charge in [0.2, 0.25) is 0 Å². The van der Waals surface area contributed by atoms with E-state index < -0.39 is 0 Å². The molecular formula is C21H25N3O. The third kappa shape index (κ3) is 5.18. The number of nitrogens with zero attached hydrogens (tertiary/aromatic N) is 1. The van der Waals surface area contributed by atoms with Crippen LogP contribution >= 0.6 is 0 Å². The van der Waals surface area contributed by atoms with Crippen LogP contribution in [0.1, 0.15) is 48.0 Å². The van der Waals surface area contributed by atoms with Gasteiger partial charge in [-0.05, 0) is 63.3 Å². The number of carbonyl (C=O) groups is 1. The van der Waals surface area contributed by atoms with E-state index in [1.807, 2.05) is 43.3 Å². The summed E-state index contributed by atoms with van der Waals surface area (Å²) in [6.45, 7) is 2.90. The summed E-state index contributed by atoms with van der Waals surface area (Å²) < 4.78 is 0. The summed E-state index contributed by atoms with van der Waals surface area (Å²) in [6, 6.07) is 11.3. The van der Waals surface area contributed by atoms with E-state index in [4.69, 9.17) is 0 Å². The molecule has 1 heterocycles. The van der Waals surface area contributed by atoms with E-state index >= 15 is 0 Å². The van der Waals surface area contributed by atoms with Crippen molar-refractivity contribution in [3.8, 4) is 0 Å². The summed E-state index contributed by atoms with van der Waals surface area (Å²) >= 11 is 0. The van der Waals surface area contributed by atoms with Crippen LogP contribution in [0.15, 0.2) is 54.2 Å². The van der Waals surface area contributed by atoms with Crippen molar-refractivity contribution in [1.29, 1.82) is 0 Å². The standard InChI is InChI=1S/C21H25N3O/c1-16-7-9-18(10-8-16)21(25)24-19-11-12-20(23-15-19)22-14-13-17-5-3-2-4-6-17/h5,7-12,15H,2-4,6,13-14H2,1H3,(H,22,23)(H,24,25). The molecular weight excluding hydrogens is 310 g/mol. The molecule has 0 aliphatic heterocycles. The smallest absolute Gasteiger partial charge is 0.255 e. The van der Waals surface area contributed by atoms with Crippen molar-refractivity contribution in [2.45, 2.75) is 39.0 Å². The quantitative estimate of drug-likeness (QED) is 0.735. The van der Waals surface area contributed by atoms with E-state index in [9.17, 15) is 4.79 Å². The molecule has 2 N–H and O–H groups in total. The van der Waals surface area contributed by atoms with Gasteiger partial charge in [-0.2, -0.15) is 0 Å². The van der Waals surface area contributed by atoms with E-state index in [0.717, 1.165) is 24.3 Å². The van der Waals surface area contributed by atoms with E-state index in [0.29, 0.717) is 11.3 Å². The normalized spacial score (nSPS) is 13.9. The molecule has 4 nitrogen and oxygen atoms in total. The molecule has 1 aliphatic carbocycles. The van der Waals surface area contributed by atoms with Crippen molar-refractivity contribution in [3.63, 3.8) is 0 Å². The van der Waals surface area contributed by atoms with Gasteiger partial charge in [-0.1, -0.05) is 29.3 Å². The summed E-state index contributed by atoms with van der Waals surface area (Å²) in [7, 11) is 0. The second-order valence-electron chi connectivity index (χ2n) is 6.54. The number of allylic oxidation sites excluding steroid dienone is 1. The van der Waals surface area contributed by atoms with Crippen molar-refractivity contribution >= 4 is 17.4 Å². The van der Waals surface area contributed by atoms with Crippen molar-refractivity contribution in [1.82, 2.24) is 4.98 Å². The van der Waals surface area contributed by atoms with Crippen LogP contribution in [0.3, 0.4) is 0 Å². The Morgan fingerprint density at radius 3 is 2.64 bits per heavy atom. The fourth-order valence-electron chi connectivity index (χ4n) is 2.96. The van der Waals surface area contributed by atoms with Crippen molar-refractivity contribution in [2.75, 3.05) is 17.2 Å². The highest BCUT2D eigenvalue weighted by Crippen LogP contribution is 2.20. The Balaban J connectivity index is 1.49. The first-order valence-corrected chi connectivity index (χ1v) is 8.96. The highest BCUT2D eigenvalue weighted by Gasteiger charge is 2.06. The molecule has 130 valence electrons. The summed E-state index contributed by atoms with van der Waals surface area (Å²) in [5, 5.41) is 6.22. The monoisotopic (exact) mass is 335 g/mol.